The van der Waals surface area contributed by atoms with Crippen LogP contribution in [0.2, 0.25) is 0 Å². The molecule has 0 amide bonds. The number of nitrogens with zero attached hydrogens (tertiary/aromatic N) is 4. The highest BCUT2D eigenvalue weighted by Gasteiger charge is 2.05. The summed E-state index contributed by atoms with van der Waals surface area (Å²) in [5.74, 6) is 0.915. The summed E-state index contributed by atoms with van der Waals surface area (Å²) in [6.45, 7) is 1.89. The van der Waals surface area contributed by atoms with Crippen molar-refractivity contribution in [3.8, 4) is 11.9 Å². The quantitative estimate of drug-likeness (QED) is 0.768. The van der Waals surface area contributed by atoms with Gasteiger partial charge in [0, 0.05) is 24.7 Å². The SMILES string of the molecule is Cc1nc(Oc2ncn(C)n2)ccc1CCl. The topological polar surface area (TPSA) is 52.8 Å². The van der Waals surface area contributed by atoms with Crippen molar-refractivity contribution in [1.29, 1.82) is 0 Å². The van der Waals surface area contributed by atoms with Gasteiger partial charge in [0.25, 0.3) is 0 Å². The molecule has 0 spiro atoms. The first kappa shape index (κ1) is 10.9. The highest BCUT2D eigenvalue weighted by Crippen LogP contribution is 2.17. The molecular formula is C10H11ClN4O. The van der Waals surface area contributed by atoms with Crippen LogP contribution in [-0.2, 0) is 12.9 Å². The van der Waals surface area contributed by atoms with E-state index in [1.54, 1.807) is 24.1 Å². The molecule has 0 aliphatic rings. The summed E-state index contributed by atoms with van der Waals surface area (Å²) in [5, 5.41) is 4.00. The van der Waals surface area contributed by atoms with Crippen molar-refractivity contribution < 1.29 is 4.74 Å². The molecule has 16 heavy (non-hydrogen) atoms. The van der Waals surface area contributed by atoms with Gasteiger partial charge in [-0.1, -0.05) is 6.07 Å². The number of hydrogen-bond donors (Lipinski definition) is 0. The molecule has 2 heterocycles. The number of halogens is 1. The van der Waals surface area contributed by atoms with Gasteiger partial charge in [-0.05, 0) is 12.5 Å². The molecule has 0 bridgehead atoms. The minimum absolute atomic E-state index is 0.285. The lowest BCUT2D eigenvalue weighted by molar-refractivity contribution is 0.421. The fourth-order valence-corrected chi connectivity index (χ4v) is 1.51. The lowest BCUT2D eigenvalue weighted by Crippen LogP contribution is -1.95. The molecule has 0 saturated heterocycles. The number of hydrogen-bond acceptors (Lipinski definition) is 4. The second-order valence-corrected chi connectivity index (χ2v) is 3.60. The third kappa shape index (κ3) is 2.30. The first-order valence-corrected chi connectivity index (χ1v) is 5.28. The lowest BCUT2D eigenvalue weighted by Gasteiger charge is -2.04. The van der Waals surface area contributed by atoms with E-state index in [4.69, 9.17) is 16.3 Å². The highest BCUT2D eigenvalue weighted by molar-refractivity contribution is 6.17. The summed E-state index contributed by atoms with van der Waals surface area (Å²) in [4.78, 5) is 8.20. The van der Waals surface area contributed by atoms with Gasteiger partial charge in [0.15, 0.2) is 0 Å². The second kappa shape index (κ2) is 4.49. The summed E-state index contributed by atoms with van der Waals surface area (Å²) < 4.78 is 6.95. The van der Waals surface area contributed by atoms with E-state index in [0.717, 1.165) is 11.3 Å². The molecule has 84 valence electrons. The first-order valence-electron chi connectivity index (χ1n) is 4.75. The minimum Gasteiger partial charge on any atom is -0.404 e. The van der Waals surface area contributed by atoms with Gasteiger partial charge in [0.1, 0.15) is 6.33 Å². The van der Waals surface area contributed by atoms with Crippen LogP contribution in [0.3, 0.4) is 0 Å². The minimum atomic E-state index is 0.285. The van der Waals surface area contributed by atoms with Crippen molar-refractivity contribution in [3.63, 3.8) is 0 Å². The zero-order valence-corrected chi connectivity index (χ0v) is 9.77. The van der Waals surface area contributed by atoms with Crippen LogP contribution in [0.5, 0.6) is 11.9 Å². The predicted molar refractivity (Wildman–Crippen MR) is 59.6 cm³/mol. The van der Waals surface area contributed by atoms with Gasteiger partial charge < -0.3 is 4.74 Å². The average molecular weight is 239 g/mol. The second-order valence-electron chi connectivity index (χ2n) is 3.33. The van der Waals surface area contributed by atoms with Crippen LogP contribution in [0.15, 0.2) is 18.5 Å². The molecule has 2 aromatic heterocycles. The molecule has 0 aromatic carbocycles. The molecule has 0 aliphatic heterocycles. The maximum absolute atomic E-state index is 5.74. The monoisotopic (exact) mass is 238 g/mol. The lowest BCUT2D eigenvalue weighted by atomic mass is 10.2. The van der Waals surface area contributed by atoms with Gasteiger partial charge in [-0.2, -0.15) is 4.98 Å². The Morgan fingerprint density at radius 1 is 1.44 bits per heavy atom. The number of ether oxygens (including phenoxy) is 1. The van der Waals surface area contributed by atoms with Gasteiger partial charge in [0.2, 0.25) is 5.88 Å². The Hall–Kier alpha value is -1.62. The zero-order chi connectivity index (χ0) is 11.5. The summed E-state index contributed by atoms with van der Waals surface area (Å²) in [5.41, 5.74) is 1.84. The van der Waals surface area contributed by atoms with E-state index in [-0.39, 0.29) is 6.01 Å². The van der Waals surface area contributed by atoms with Gasteiger partial charge in [-0.15, -0.1) is 16.7 Å². The van der Waals surface area contributed by atoms with E-state index in [1.165, 1.54) is 0 Å². The number of rotatable bonds is 3. The molecule has 0 atom stereocenters. The maximum atomic E-state index is 5.74. The molecule has 0 aliphatic carbocycles. The van der Waals surface area contributed by atoms with E-state index in [1.807, 2.05) is 13.0 Å². The molecule has 2 aromatic rings. The molecule has 2 rings (SSSR count). The molecule has 0 saturated carbocycles. The number of pyridine rings is 1. The van der Waals surface area contributed by atoms with Gasteiger partial charge in [-0.25, -0.2) is 4.98 Å². The Balaban J connectivity index is 2.19. The van der Waals surface area contributed by atoms with E-state index < -0.39 is 0 Å². The van der Waals surface area contributed by atoms with Crippen molar-refractivity contribution in [2.75, 3.05) is 0 Å². The van der Waals surface area contributed by atoms with Crippen molar-refractivity contribution in [2.24, 2.45) is 7.05 Å². The van der Waals surface area contributed by atoms with E-state index in [2.05, 4.69) is 15.1 Å². The summed E-state index contributed by atoms with van der Waals surface area (Å²) >= 11 is 5.74. The third-order valence-electron chi connectivity index (χ3n) is 2.09. The Labute approximate surface area is 98.0 Å². The fourth-order valence-electron chi connectivity index (χ4n) is 1.22. The van der Waals surface area contributed by atoms with Crippen molar-refractivity contribution in [3.05, 3.63) is 29.7 Å². The predicted octanol–water partition coefficient (Wildman–Crippen LogP) is 2.05. The van der Waals surface area contributed by atoms with E-state index in [9.17, 15) is 0 Å². The number of alkyl halides is 1. The van der Waals surface area contributed by atoms with Crippen LogP contribution in [0, 0.1) is 6.92 Å². The molecule has 0 N–H and O–H groups in total. The smallest absolute Gasteiger partial charge is 0.342 e. The van der Waals surface area contributed by atoms with E-state index in [0.29, 0.717) is 11.8 Å². The largest absolute Gasteiger partial charge is 0.404 e. The Bertz CT molecular complexity index is 497. The standard InChI is InChI=1S/C10H11ClN4O/c1-7-8(5-11)3-4-9(13-7)16-10-12-6-15(2)14-10/h3-4,6H,5H2,1-2H3. The summed E-state index contributed by atoms with van der Waals surface area (Å²) in [6.07, 6.45) is 1.56. The Kier molecular flexibility index (Phi) is 3.05. The molecule has 0 radical (unpaired) electrons. The fraction of sp³-hybridized carbons (Fsp3) is 0.300. The Morgan fingerprint density at radius 2 is 2.25 bits per heavy atom. The molecular weight excluding hydrogens is 228 g/mol. The highest BCUT2D eigenvalue weighted by atomic mass is 35.5. The number of aromatic nitrogens is 4. The third-order valence-corrected chi connectivity index (χ3v) is 2.38. The van der Waals surface area contributed by atoms with Gasteiger partial charge in [0.05, 0.1) is 0 Å². The van der Waals surface area contributed by atoms with Crippen LogP contribution in [0.25, 0.3) is 0 Å². The molecule has 5 nitrogen and oxygen atoms in total. The van der Waals surface area contributed by atoms with E-state index >= 15 is 0 Å². The van der Waals surface area contributed by atoms with Crippen molar-refractivity contribution >= 4 is 11.6 Å². The zero-order valence-electron chi connectivity index (χ0n) is 9.01. The number of aryl methyl sites for hydroxylation is 2. The van der Waals surface area contributed by atoms with Crippen molar-refractivity contribution in [2.45, 2.75) is 12.8 Å². The molecule has 0 unspecified atom stereocenters. The maximum Gasteiger partial charge on any atom is 0.342 e. The van der Waals surface area contributed by atoms with Crippen LogP contribution in [-0.4, -0.2) is 19.7 Å². The van der Waals surface area contributed by atoms with Gasteiger partial charge in [-0.3, -0.25) is 4.68 Å². The van der Waals surface area contributed by atoms with Crippen LogP contribution >= 0.6 is 11.6 Å². The van der Waals surface area contributed by atoms with Crippen LogP contribution < -0.4 is 4.74 Å². The van der Waals surface area contributed by atoms with Crippen molar-refractivity contribution in [1.82, 2.24) is 19.7 Å². The Morgan fingerprint density at radius 3 is 2.81 bits per heavy atom. The van der Waals surface area contributed by atoms with Crippen LogP contribution in [0.4, 0.5) is 0 Å². The summed E-state index contributed by atoms with van der Waals surface area (Å²) in [6, 6.07) is 3.92. The molecule has 6 heteroatoms. The first-order chi connectivity index (χ1) is 7.69. The summed E-state index contributed by atoms with van der Waals surface area (Å²) in [7, 11) is 1.77. The normalized spacial score (nSPS) is 10.4. The molecule has 0 fully saturated rings. The van der Waals surface area contributed by atoms with Gasteiger partial charge >= 0.3 is 6.01 Å². The average Bonchev–Trinajstić information content (AvgIpc) is 2.64. The van der Waals surface area contributed by atoms with Crippen LogP contribution in [0.1, 0.15) is 11.3 Å².